The van der Waals surface area contributed by atoms with Crippen LogP contribution in [0.15, 0.2) is 24.3 Å². The van der Waals surface area contributed by atoms with Crippen molar-refractivity contribution in [2.45, 2.75) is 31.7 Å². The summed E-state index contributed by atoms with van der Waals surface area (Å²) >= 11 is 5.96. The molecule has 1 aliphatic rings. The Bertz CT molecular complexity index is 478. The lowest BCUT2D eigenvalue weighted by atomic mass is 9.85. The largest absolute Gasteiger partial charge is 0.349 e. The van der Waals surface area contributed by atoms with Gasteiger partial charge in [0, 0.05) is 17.5 Å². The van der Waals surface area contributed by atoms with Crippen molar-refractivity contribution >= 4 is 17.5 Å². The number of nitrogens with one attached hydrogen (secondary N) is 1. The molecule has 100 valence electrons. The molecule has 0 heterocycles. The molecule has 0 spiro atoms. The van der Waals surface area contributed by atoms with Crippen LogP contribution in [0.4, 0.5) is 0 Å². The van der Waals surface area contributed by atoms with Gasteiger partial charge in [0.15, 0.2) is 0 Å². The van der Waals surface area contributed by atoms with E-state index in [1.807, 2.05) is 6.07 Å². The molecule has 2 unspecified atom stereocenters. The summed E-state index contributed by atoms with van der Waals surface area (Å²) in [4.78, 5) is 12.1. The smallest absolute Gasteiger partial charge is 0.251 e. The number of hydrogen-bond acceptors (Lipinski definition) is 2. The third-order valence-electron chi connectivity index (χ3n) is 3.70. The van der Waals surface area contributed by atoms with Gasteiger partial charge in [-0.15, -0.1) is 11.6 Å². The first kappa shape index (κ1) is 13.9. The third-order valence-corrected chi connectivity index (χ3v) is 4.10. The van der Waals surface area contributed by atoms with Crippen molar-refractivity contribution in [2.75, 3.05) is 5.88 Å². The number of carbonyl (C=O) groups is 1. The zero-order chi connectivity index (χ0) is 13.7. The molecule has 4 heteroatoms. The van der Waals surface area contributed by atoms with E-state index in [9.17, 15) is 4.79 Å². The maximum atomic E-state index is 12.1. The number of halogens is 1. The molecule has 0 aliphatic heterocycles. The summed E-state index contributed by atoms with van der Waals surface area (Å²) in [6.45, 7) is 0. The number of nitriles is 1. The van der Waals surface area contributed by atoms with Crippen molar-refractivity contribution in [3.63, 3.8) is 0 Å². The van der Waals surface area contributed by atoms with Crippen LogP contribution in [-0.2, 0) is 0 Å². The van der Waals surface area contributed by atoms with Crippen molar-refractivity contribution in [3.05, 3.63) is 35.4 Å². The fraction of sp³-hybridized carbons (Fsp3) is 0.467. The monoisotopic (exact) mass is 276 g/mol. The first-order valence-electron chi connectivity index (χ1n) is 6.61. The van der Waals surface area contributed by atoms with Gasteiger partial charge in [0.05, 0.1) is 11.6 Å². The molecule has 1 aromatic rings. The molecule has 1 aliphatic carbocycles. The van der Waals surface area contributed by atoms with Crippen molar-refractivity contribution < 1.29 is 4.79 Å². The van der Waals surface area contributed by atoms with Gasteiger partial charge in [0.1, 0.15) is 0 Å². The van der Waals surface area contributed by atoms with Gasteiger partial charge in [-0.3, -0.25) is 4.79 Å². The van der Waals surface area contributed by atoms with Crippen molar-refractivity contribution in [3.8, 4) is 6.07 Å². The zero-order valence-electron chi connectivity index (χ0n) is 10.7. The van der Waals surface area contributed by atoms with E-state index in [-0.39, 0.29) is 11.9 Å². The lowest BCUT2D eigenvalue weighted by Crippen LogP contribution is -2.42. The van der Waals surface area contributed by atoms with Crippen LogP contribution in [0.3, 0.4) is 0 Å². The Morgan fingerprint density at radius 3 is 2.63 bits per heavy atom. The second kappa shape index (κ2) is 6.58. The number of benzene rings is 1. The maximum absolute atomic E-state index is 12.1. The molecule has 1 saturated carbocycles. The molecule has 0 aromatic heterocycles. The zero-order valence-corrected chi connectivity index (χ0v) is 11.5. The van der Waals surface area contributed by atoms with Gasteiger partial charge in [-0.05, 0) is 43.0 Å². The van der Waals surface area contributed by atoms with Crippen LogP contribution in [0.2, 0.25) is 0 Å². The average molecular weight is 277 g/mol. The first-order valence-corrected chi connectivity index (χ1v) is 7.15. The van der Waals surface area contributed by atoms with Gasteiger partial charge in [-0.2, -0.15) is 5.26 Å². The lowest BCUT2D eigenvalue weighted by molar-refractivity contribution is 0.0911. The summed E-state index contributed by atoms with van der Waals surface area (Å²) in [6, 6.07) is 8.91. The van der Waals surface area contributed by atoms with E-state index >= 15 is 0 Å². The molecule has 2 atom stereocenters. The van der Waals surface area contributed by atoms with E-state index < -0.39 is 0 Å². The summed E-state index contributed by atoms with van der Waals surface area (Å²) < 4.78 is 0. The highest BCUT2D eigenvalue weighted by molar-refractivity contribution is 6.18. The van der Waals surface area contributed by atoms with E-state index in [0.29, 0.717) is 22.9 Å². The van der Waals surface area contributed by atoms with Gasteiger partial charge >= 0.3 is 0 Å². The van der Waals surface area contributed by atoms with Crippen LogP contribution >= 0.6 is 11.6 Å². The van der Waals surface area contributed by atoms with Gasteiger partial charge < -0.3 is 5.32 Å². The van der Waals surface area contributed by atoms with Gasteiger partial charge in [0.2, 0.25) is 0 Å². The number of amides is 1. The molecule has 3 nitrogen and oxygen atoms in total. The van der Waals surface area contributed by atoms with E-state index in [1.165, 1.54) is 6.42 Å². The third kappa shape index (κ3) is 3.48. The van der Waals surface area contributed by atoms with Crippen LogP contribution < -0.4 is 5.32 Å². The highest BCUT2D eigenvalue weighted by atomic mass is 35.5. The maximum Gasteiger partial charge on any atom is 0.251 e. The molecule has 1 N–H and O–H groups in total. The fourth-order valence-electron chi connectivity index (χ4n) is 2.53. The Kier molecular flexibility index (Phi) is 4.81. The minimum atomic E-state index is -0.0773. The molecular formula is C15H17ClN2O. The summed E-state index contributed by atoms with van der Waals surface area (Å²) in [6.07, 6.45) is 4.42. The highest BCUT2D eigenvalue weighted by Crippen LogP contribution is 2.25. The van der Waals surface area contributed by atoms with E-state index in [4.69, 9.17) is 16.9 Å². The van der Waals surface area contributed by atoms with Crippen LogP contribution in [0.5, 0.6) is 0 Å². The highest BCUT2D eigenvalue weighted by Gasteiger charge is 2.25. The summed E-state index contributed by atoms with van der Waals surface area (Å²) in [7, 11) is 0. The minimum Gasteiger partial charge on any atom is -0.349 e. The Labute approximate surface area is 118 Å². The van der Waals surface area contributed by atoms with E-state index in [1.54, 1.807) is 24.3 Å². The molecular weight excluding hydrogens is 260 g/mol. The number of carbonyl (C=O) groups excluding carboxylic acids is 1. The van der Waals surface area contributed by atoms with E-state index in [0.717, 1.165) is 19.3 Å². The summed E-state index contributed by atoms with van der Waals surface area (Å²) in [5.74, 6) is 0.891. The van der Waals surface area contributed by atoms with Gasteiger partial charge in [-0.1, -0.05) is 12.8 Å². The Hall–Kier alpha value is -1.53. The Balaban J connectivity index is 2.01. The van der Waals surface area contributed by atoms with Crippen LogP contribution in [0.25, 0.3) is 0 Å². The normalized spacial score (nSPS) is 22.5. The fourth-order valence-corrected chi connectivity index (χ4v) is 2.90. The minimum absolute atomic E-state index is 0.0773. The first-order chi connectivity index (χ1) is 9.24. The lowest BCUT2D eigenvalue weighted by Gasteiger charge is -2.30. The number of nitrogens with zero attached hydrogens (tertiary/aromatic N) is 1. The van der Waals surface area contributed by atoms with Crippen molar-refractivity contribution in [1.82, 2.24) is 5.32 Å². The molecule has 0 saturated heterocycles. The van der Waals surface area contributed by atoms with Gasteiger partial charge in [0.25, 0.3) is 5.91 Å². The predicted octanol–water partition coefficient (Wildman–Crippen LogP) is 3.09. The SMILES string of the molecule is N#Cc1ccc(C(=O)NC2CCCCC2CCl)cc1. The van der Waals surface area contributed by atoms with Crippen LogP contribution in [0, 0.1) is 17.2 Å². The molecule has 1 aromatic carbocycles. The molecule has 2 rings (SSSR count). The molecule has 19 heavy (non-hydrogen) atoms. The second-order valence-electron chi connectivity index (χ2n) is 4.97. The van der Waals surface area contributed by atoms with Crippen molar-refractivity contribution in [2.24, 2.45) is 5.92 Å². The van der Waals surface area contributed by atoms with Crippen LogP contribution in [-0.4, -0.2) is 17.8 Å². The standard InChI is InChI=1S/C15H17ClN2O/c16-9-13-3-1-2-4-14(13)18-15(19)12-7-5-11(10-17)6-8-12/h5-8,13-14H,1-4,9H2,(H,18,19). The summed E-state index contributed by atoms with van der Waals surface area (Å²) in [5.41, 5.74) is 1.16. The molecule has 1 fully saturated rings. The van der Waals surface area contributed by atoms with Crippen LogP contribution in [0.1, 0.15) is 41.6 Å². The topological polar surface area (TPSA) is 52.9 Å². The Morgan fingerprint density at radius 2 is 2.00 bits per heavy atom. The summed E-state index contributed by atoms with van der Waals surface area (Å²) in [5, 5.41) is 11.8. The predicted molar refractivity (Wildman–Crippen MR) is 75.1 cm³/mol. The molecule has 0 bridgehead atoms. The van der Waals surface area contributed by atoms with Crippen molar-refractivity contribution in [1.29, 1.82) is 5.26 Å². The number of rotatable bonds is 3. The number of alkyl halides is 1. The Morgan fingerprint density at radius 1 is 1.32 bits per heavy atom. The molecule has 1 amide bonds. The second-order valence-corrected chi connectivity index (χ2v) is 5.28. The number of hydrogen-bond donors (Lipinski definition) is 1. The average Bonchev–Trinajstić information content (AvgIpc) is 2.48. The quantitative estimate of drug-likeness (QED) is 0.863. The van der Waals surface area contributed by atoms with E-state index in [2.05, 4.69) is 5.32 Å². The van der Waals surface area contributed by atoms with Gasteiger partial charge in [-0.25, -0.2) is 0 Å². The molecule has 0 radical (unpaired) electrons.